The second-order valence-electron chi connectivity index (χ2n) is 4.19. The third-order valence-corrected chi connectivity index (χ3v) is 4.09. The predicted molar refractivity (Wildman–Crippen MR) is 88.8 cm³/mol. The minimum absolute atomic E-state index is 0.323. The molecule has 0 aliphatic heterocycles. The lowest BCUT2D eigenvalue weighted by atomic mass is 10.2. The van der Waals surface area contributed by atoms with Gasteiger partial charge in [0.2, 0.25) is 0 Å². The first kappa shape index (κ1) is 16.2. The van der Waals surface area contributed by atoms with Crippen molar-refractivity contribution >= 4 is 58.1 Å². The summed E-state index contributed by atoms with van der Waals surface area (Å²) in [4.78, 5) is 11.8. The third kappa shape index (κ3) is 4.68. The fourth-order valence-electron chi connectivity index (χ4n) is 1.58. The molecule has 2 N–H and O–H groups in total. The molecule has 2 rings (SSSR count). The highest BCUT2D eigenvalue weighted by atomic mass is 35.5. The van der Waals surface area contributed by atoms with Gasteiger partial charge in [-0.05, 0) is 35.9 Å². The number of anilines is 1. The van der Waals surface area contributed by atoms with E-state index >= 15 is 0 Å². The molecule has 21 heavy (non-hydrogen) atoms. The first-order chi connectivity index (χ1) is 9.95. The van der Waals surface area contributed by atoms with Gasteiger partial charge in [-0.15, -0.1) is 0 Å². The first-order valence-corrected chi connectivity index (χ1v) is 7.41. The molecule has 0 unspecified atom stereocenters. The van der Waals surface area contributed by atoms with E-state index in [9.17, 15) is 4.79 Å². The van der Waals surface area contributed by atoms with E-state index in [1.54, 1.807) is 36.4 Å². The van der Waals surface area contributed by atoms with Crippen molar-refractivity contribution in [2.45, 2.75) is 6.54 Å². The highest BCUT2D eigenvalue weighted by Crippen LogP contribution is 2.25. The Morgan fingerprint density at radius 2 is 1.48 bits per heavy atom. The van der Waals surface area contributed by atoms with Crippen LogP contribution in [0.4, 0.5) is 10.5 Å². The lowest BCUT2D eigenvalue weighted by Crippen LogP contribution is -2.28. The smallest absolute Gasteiger partial charge is 0.319 e. The minimum atomic E-state index is -0.362. The summed E-state index contributed by atoms with van der Waals surface area (Å²) in [6.45, 7) is 0.323. The number of carbonyl (C=O) groups is 1. The van der Waals surface area contributed by atoms with E-state index in [0.717, 1.165) is 5.56 Å². The number of halogens is 4. The Balaban J connectivity index is 1.92. The van der Waals surface area contributed by atoms with Crippen LogP contribution in [0.1, 0.15) is 5.56 Å². The molecule has 0 saturated heterocycles. The van der Waals surface area contributed by atoms with Gasteiger partial charge in [0.15, 0.2) is 0 Å². The summed E-state index contributed by atoms with van der Waals surface area (Å²) >= 11 is 23.4. The topological polar surface area (TPSA) is 41.1 Å². The maximum atomic E-state index is 11.8. The van der Waals surface area contributed by atoms with Crippen LogP contribution in [0.3, 0.4) is 0 Å². The zero-order valence-electron chi connectivity index (χ0n) is 10.6. The van der Waals surface area contributed by atoms with E-state index in [2.05, 4.69) is 10.6 Å². The highest BCUT2D eigenvalue weighted by molar-refractivity contribution is 6.42. The predicted octanol–water partition coefficient (Wildman–Crippen LogP) is 5.62. The molecule has 2 amide bonds. The van der Waals surface area contributed by atoms with Crippen molar-refractivity contribution in [1.82, 2.24) is 5.32 Å². The molecular formula is C14H10Cl4N2O. The van der Waals surface area contributed by atoms with Crippen molar-refractivity contribution in [2.75, 3.05) is 5.32 Å². The van der Waals surface area contributed by atoms with Crippen LogP contribution < -0.4 is 10.6 Å². The number of hydrogen-bond donors (Lipinski definition) is 2. The van der Waals surface area contributed by atoms with Crippen molar-refractivity contribution in [3.8, 4) is 0 Å². The summed E-state index contributed by atoms with van der Waals surface area (Å²) in [7, 11) is 0. The third-order valence-electron chi connectivity index (χ3n) is 2.61. The van der Waals surface area contributed by atoms with Gasteiger partial charge in [0, 0.05) is 12.2 Å². The fourth-order valence-corrected chi connectivity index (χ4v) is 2.20. The molecule has 0 bridgehead atoms. The molecule has 2 aromatic rings. The van der Waals surface area contributed by atoms with Crippen molar-refractivity contribution in [3.63, 3.8) is 0 Å². The summed E-state index contributed by atoms with van der Waals surface area (Å²) in [5.41, 5.74) is 1.39. The van der Waals surface area contributed by atoms with Crippen molar-refractivity contribution in [2.24, 2.45) is 0 Å². The number of rotatable bonds is 3. The molecule has 110 valence electrons. The lowest BCUT2D eigenvalue weighted by Gasteiger charge is -2.09. The van der Waals surface area contributed by atoms with Gasteiger partial charge in [0.25, 0.3) is 0 Å². The van der Waals surface area contributed by atoms with E-state index in [1.165, 1.54) is 0 Å². The Bertz CT molecular complexity index is 676. The van der Waals surface area contributed by atoms with Gasteiger partial charge in [-0.1, -0.05) is 52.5 Å². The molecule has 0 spiro atoms. The summed E-state index contributed by atoms with van der Waals surface area (Å²) in [5.74, 6) is 0. The van der Waals surface area contributed by atoms with Crippen molar-refractivity contribution in [3.05, 3.63) is 62.1 Å². The number of carbonyl (C=O) groups excluding carboxylic acids is 1. The maximum Gasteiger partial charge on any atom is 0.319 e. The molecule has 2 aromatic carbocycles. The Labute approximate surface area is 142 Å². The van der Waals surface area contributed by atoms with Gasteiger partial charge in [-0.3, -0.25) is 0 Å². The van der Waals surface area contributed by atoms with Crippen LogP contribution in [0.25, 0.3) is 0 Å². The van der Waals surface area contributed by atoms with Gasteiger partial charge in [-0.2, -0.15) is 0 Å². The lowest BCUT2D eigenvalue weighted by molar-refractivity contribution is 0.251. The zero-order chi connectivity index (χ0) is 15.4. The minimum Gasteiger partial charge on any atom is -0.334 e. The second-order valence-corrected chi connectivity index (χ2v) is 5.81. The average molecular weight is 364 g/mol. The van der Waals surface area contributed by atoms with Crippen LogP contribution in [0.2, 0.25) is 20.1 Å². The van der Waals surface area contributed by atoms with Gasteiger partial charge < -0.3 is 10.6 Å². The van der Waals surface area contributed by atoms with E-state index in [-0.39, 0.29) is 6.03 Å². The molecule has 0 aliphatic rings. The highest BCUT2D eigenvalue weighted by Gasteiger charge is 2.05. The van der Waals surface area contributed by atoms with Gasteiger partial charge >= 0.3 is 6.03 Å². The Hall–Kier alpha value is -1.13. The zero-order valence-corrected chi connectivity index (χ0v) is 13.6. The Morgan fingerprint density at radius 3 is 2.10 bits per heavy atom. The van der Waals surface area contributed by atoms with Crippen LogP contribution in [-0.4, -0.2) is 6.03 Å². The summed E-state index contributed by atoms with van der Waals surface area (Å²) < 4.78 is 0. The van der Waals surface area contributed by atoms with Crippen LogP contribution in [0, 0.1) is 0 Å². The monoisotopic (exact) mass is 362 g/mol. The van der Waals surface area contributed by atoms with Gasteiger partial charge in [0.1, 0.15) is 0 Å². The maximum absolute atomic E-state index is 11.8. The molecule has 0 fully saturated rings. The molecule has 3 nitrogen and oxygen atoms in total. The van der Waals surface area contributed by atoms with Crippen molar-refractivity contribution in [1.29, 1.82) is 0 Å². The van der Waals surface area contributed by atoms with E-state index < -0.39 is 0 Å². The molecule has 0 saturated carbocycles. The van der Waals surface area contributed by atoms with E-state index in [0.29, 0.717) is 32.3 Å². The van der Waals surface area contributed by atoms with Crippen LogP contribution in [0.15, 0.2) is 36.4 Å². The fraction of sp³-hybridized carbons (Fsp3) is 0.0714. The number of urea groups is 1. The first-order valence-electron chi connectivity index (χ1n) is 5.89. The molecule has 7 heteroatoms. The van der Waals surface area contributed by atoms with Crippen LogP contribution >= 0.6 is 46.4 Å². The molecule has 0 heterocycles. The quantitative estimate of drug-likeness (QED) is 0.729. The van der Waals surface area contributed by atoms with Crippen LogP contribution in [-0.2, 0) is 6.54 Å². The molecule has 0 aromatic heterocycles. The van der Waals surface area contributed by atoms with E-state index in [4.69, 9.17) is 46.4 Å². The normalized spacial score (nSPS) is 10.3. The molecule has 0 aliphatic carbocycles. The van der Waals surface area contributed by atoms with Gasteiger partial charge in [0.05, 0.1) is 20.1 Å². The molecular weight excluding hydrogens is 354 g/mol. The average Bonchev–Trinajstić information content (AvgIpc) is 2.44. The molecule has 0 radical (unpaired) electrons. The SMILES string of the molecule is O=C(NCc1ccc(Cl)c(Cl)c1)Nc1ccc(Cl)c(Cl)c1. The van der Waals surface area contributed by atoms with Crippen LogP contribution in [0.5, 0.6) is 0 Å². The number of amides is 2. The Kier molecular flexibility index (Phi) is 5.59. The number of nitrogens with one attached hydrogen (secondary N) is 2. The Morgan fingerprint density at radius 1 is 0.857 bits per heavy atom. The molecule has 0 atom stereocenters. The van der Waals surface area contributed by atoms with E-state index in [1.807, 2.05) is 0 Å². The summed E-state index contributed by atoms with van der Waals surface area (Å²) in [5, 5.41) is 7.08. The van der Waals surface area contributed by atoms with Crippen molar-refractivity contribution < 1.29 is 4.79 Å². The number of benzene rings is 2. The summed E-state index contributed by atoms with van der Waals surface area (Å²) in [6, 6.07) is 9.64. The second kappa shape index (κ2) is 7.23. The number of hydrogen-bond acceptors (Lipinski definition) is 1. The van der Waals surface area contributed by atoms with Gasteiger partial charge in [-0.25, -0.2) is 4.79 Å². The largest absolute Gasteiger partial charge is 0.334 e. The summed E-state index contributed by atoms with van der Waals surface area (Å²) in [6.07, 6.45) is 0. The standard InChI is InChI=1S/C14H10Cl4N2O/c15-10-3-1-8(5-12(10)17)7-19-14(21)20-9-2-4-11(16)13(18)6-9/h1-6H,7H2,(H2,19,20,21).